The van der Waals surface area contributed by atoms with Crippen molar-refractivity contribution >= 4 is 103 Å². The van der Waals surface area contributed by atoms with Gasteiger partial charge in [-0.25, -0.2) is 0 Å². The highest BCUT2D eigenvalue weighted by Crippen LogP contribution is 2.46. The van der Waals surface area contributed by atoms with Crippen LogP contribution in [-0.2, 0) is 0 Å². The third-order valence-electron chi connectivity index (χ3n) is 10.2. The van der Waals surface area contributed by atoms with Crippen LogP contribution in [0.3, 0.4) is 0 Å². The fourth-order valence-corrected chi connectivity index (χ4v) is 9.12. The Balaban J connectivity index is 1.22. The first-order valence-corrected chi connectivity index (χ1v) is 17.7. The molecular formula is C46H28N2OS. The first kappa shape index (κ1) is 27.6. The molecule has 0 fully saturated rings. The van der Waals surface area contributed by atoms with Gasteiger partial charge in [0.2, 0.25) is 0 Å². The molecule has 8 aromatic carbocycles. The van der Waals surface area contributed by atoms with Crippen molar-refractivity contribution in [2.75, 3.05) is 4.90 Å². The SMILES string of the molecule is c1ccc(-n2c3ccccc3c3cc(N(c4ccc5oc6ccccc6c5c4)c4cccc5c4ccc4sc6ccccc6c45)ccc32)cc1. The predicted molar refractivity (Wildman–Crippen MR) is 213 cm³/mol. The van der Waals surface area contributed by atoms with E-state index in [0.29, 0.717) is 0 Å². The second kappa shape index (κ2) is 10.6. The Hall–Kier alpha value is -6.36. The van der Waals surface area contributed by atoms with Gasteiger partial charge >= 0.3 is 0 Å². The van der Waals surface area contributed by atoms with Gasteiger partial charge in [0.1, 0.15) is 11.2 Å². The van der Waals surface area contributed by atoms with E-state index in [-0.39, 0.29) is 0 Å². The molecule has 3 heterocycles. The van der Waals surface area contributed by atoms with Gasteiger partial charge in [-0.15, -0.1) is 11.3 Å². The summed E-state index contributed by atoms with van der Waals surface area (Å²) in [6, 6.07) is 61.3. The average molecular weight is 657 g/mol. The molecule has 0 aliphatic rings. The minimum atomic E-state index is 0.889. The molecule has 0 atom stereocenters. The highest BCUT2D eigenvalue weighted by molar-refractivity contribution is 7.26. The molecule has 0 saturated carbocycles. The molecule has 0 aliphatic carbocycles. The van der Waals surface area contributed by atoms with Gasteiger partial charge < -0.3 is 13.9 Å². The lowest BCUT2D eigenvalue weighted by atomic mass is 10.0. The molecule has 3 aromatic heterocycles. The van der Waals surface area contributed by atoms with Crippen molar-refractivity contribution in [2.24, 2.45) is 0 Å². The zero-order valence-corrected chi connectivity index (χ0v) is 27.7. The Kier molecular flexibility index (Phi) is 5.83. The Morgan fingerprint density at radius 2 is 1.10 bits per heavy atom. The number of para-hydroxylation sites is 3. The Labute approximate surface area is 291 Å². The van der Waals surface area contributed by atoms with E-state index < -0.39 is 0 Å². The summed E-state index contributed by atoms with van der Waals surface area (Å²) in [7, 11) is 0. The molecule has 11 rings (SSSR count). The van der Waals surface area contributed by atoms with E-state index in [1.807, 2.05) is 23.5 Å². The Morgan fingerprint density at radius 1 is 0.420 bits per heavy atom. The Bertz CT molecular complexity index is 3110. The lowest BCUT2D eigenvalue weighted by Crippen LogP contribution is -2.10. The van der Waals surface area contributed by atoms with E-state index in [1.165, 1.54) is 52.8 Å². The molecular weight excluding hydrogens is 629 g/mol. The maximum absolute atomic E-state index is 6.28. The number of hydrogen-bond donors (Lipinski definition) is 0. The van der Waals surface area contributed by atoms with Gasteiger partial charge in [-0.3, -0.25) is 0 Å². The minimum absolute atomic E-state index is 0.889. The summed E-state index contributed by atoms with van der Waals surface area (Å²) >= 11 is 1.86. The number of fused-ring (bicyclic) bond motifs is 11. The Morgan fingerprint density at radius 3 is 2.00 bits per heavy atom. The summed E-state index contributed by atoms with van der Waals surface area (Å²) in [6.07, 6.45) is 0. The highest BCUT2D eigenvalue weighted by Gasteiger charge is 2.21. The maximum Gasteiger partial charge on any atom is 0.135 e. The van der Waals surface area contributed by atoms with Crippen LogP contribution in [0.4, 0.5) is 17.1 Å². The second-order valence-corrected chi connectivity index (χ2v) is 14.0. The molecule has 0 bridgehead atoms. The predicted octanol–water partition coefficient (Wildman–Crippen LogP) is 13.7. The fraction of sp³-hybridized carbons (Fsp3) is 0. The van der Waals surface area contributed by atoms with E-state index in [2.05, 4.69) is 167 Å². The molecule has 0 aliphatic heterocycles. The van der Waals surface area contributed by atoms with Crippen LogP contribution in [0.2, 0.25) is 0 Å². The lowest BCUT2D eigenvalue weighted by Gasteiger charge is -2.27. The van der Waals surface area contributed by atoms with E-state index in [0.717, 1.165) is 44.7 Å². The van der Waals surface area contributed by atoms with Crippen LogP contribution in [0, 0.1) is 0 Å². The van der Waals surface area contributed by atoms with Crippen molar-refractivity contribution in [1.29, 1.82) is 0 Å². The summed E-state index contributed by atoms with van der Waals surface area (Å²) in [6.45, 7) is 0. The number of rotatable bonds is 4. The summed E-state index contributed by atoms with van der Waals surface area (Å²) in [5, 5.41) is 9.78. The van der Waals surface area contributed by atoms with E-state index in [4.69, 9.17) is 4.42 Å². The van der Waals surface area contributed by atoms with E-state index in [1.54, 1.807) is 0 Å². The van der Waals surface area contributed by atoms with Gasteiger partial charge in [-0.2, -0.15) is 0 Å². The first-order valence-electron chi connectivity index (χ1n) is 16.9. The second-order valence-electron chi connectivity index (χ2n) is 12.9. The van der Waals surface area contributed by atoms with Crippen LogP contribution in [0.15, 0.2) is 174 Å². The third-order valence-corrected chi connectivity index (χ3v) is 11.3. The van der Waals surface area contributed by atoms with Crippen molar-refractivity contribution < 1.29 is 4.42 Å². The topological polar surface area (TPSA) is 21.3 Å². The van der Waals surface area contributed by atoms with Gasteiger partial charge in [-0.05, 0) is 84.2 Å². The number of nitrogens with zero attached hydrogens (tertiary/aromatic N) is 2. The molecule has 0 N–H and O–H groups in total. The lowest BCUT2D eigenvalue weighted by molar-refractivity contribution is 0.669. The minimum Gasteiger partial charge on any atom is -0.456 e. The van der Waals surface area contributed by atoms with Crippen molar-refractivity contribution in [3.05, 3.63) is 170 Å². The van der Waals surface area contributed by atoms with E-state index >= 15 is 0 Å². The summed E-state index contributed by atoms with van der Waals surface area (Å²) in [5.74, 6) is 0. The number of benzene rings is 8. The normalized spacial score (nSPS) is 12.0. The van der Waals surface area contributed by atoms with Crippen molar-refractivity contribution in [1.82, 2.24) is 4.57 Å². The van der Waals surface area contributed by atoms with Crippen molar-refractivity contribution in [3.8, 4) is 5.69 Å². The number of anilines is 3. The molecule has 0 spiro atoms. The van der Waals surface area contributed by atoms with Crippen LogP contribution in [0.25, 0.3) is 80.4 Å². The summed E-state index contributed by atoms with van der Waals surface area (Å²) < 4.78 is 11.3. The van der Waals surface area contributed by atoms with Crippen LogP contribution < -0.4 is 4.90 Å². The number of thiophene rings is 1. The van der Waals surface area contributed by atoms with Crippen molar-refractivity contribution in [2.45, 2.75) is 0 Å². The van der Waals surface area contributed by atoms with Gasteiger partial charge in [0.15, 0.2) is 0 Å². The van der Waals surface area contributed by atoms with Crippen LogP contribution in [0.5, 0.6) is 0 Å². The third kappa shape index (κ3) is 3.97. The molecule has 0 saturated heterocycles. The highest BCUT2D eigenvalue weighted by atomic mass is 32.1. The molecule has 0 unspecified atom stereocenters. The maximum atomic E-state index is 6.28. The first-order chi connectivity index (χ1) is 24.8. The average Bonchev–Trinajstić information content (AvgIpc) is 3.85. The van der Waals surface area contributed by atoms with Gasteiger partial charge in [0.05, 0.1) is 16.7 Å². The van der Waals surface area contributed by atoms with Crippen LogP contribution in [0.1, 0.15) is 0 Å². The summed E-state index contributed by atoms with van der Waals surface area (Å²) in [4.78, 5) is 2.43. The monoisotopic (exact) mass is 656 g/mol. The number of aromatic nitrogens is 1. The number of hydrogen-bond acceptors (Lipinski definition) is 3. The largest absolute Gasteiger partial charge is 0.456 e. The molecule has 11 aromatic rings. The van der Waals surface area contributed by atoms with Crippen molar-refractivity contribution in [3.63, 3.8) is 0 Å². The molecule has 3 nitrogen and oxygen atoms in total. The summed E-state index contributed by atoms with van der Waals surface area (Å²) in [5.41, 5.74) is 8.64. The molecule has 234 valence electrons. The number of furan rings is 1. The fourth-order valence-electron chi connectivity index (χ4n) is 8.00. The smallest absolute Gasteiger partial charge is 0.135 e. The van der Waals surface area contributed by atoms with Crippen LogP contribution in [-0.4, -0.2) is 4.57 Å². The zero-order chi connectivity index (χ0) is 32.8. The zero-order valence-electron chi connectivity index (χ0n) is 26.9. The van der Waals surface area contributed by atoms with E-state index in [9.17, 15) is 0 Å². The van der Waals surface area contributed by atoms with Crippen LogP contribution >= 0.6 is 11.3 Å². The van der Waals surface area contributed by atoms with Gasteiger partial charge in [0.25, 0.3) is 0 Å². The molecule has 0 amide bonds. The standard InChI is InChI=1S/C46H28N2OS/c1-2-11-29(12-3-1)48-40-17-7-4-13-32(40)37-27-30(21-24-41(37)48)47(31-22-25-43-38(28-31)34-14-5-8-19-42(34)49-43)39-18-10-16-35-33(39)23-26-45-46(35)36-15-6-9-20-44(36)50-45/h1-28H. The molecule has 0 radical (unpaired) electrons. The molecule has 4 heteroatoms. The quantitative estimate of drug-likeness (QED) is 0.188. The van der Waals surface area contributed by atoms with Gasteiger partial charge in [0, 0.05) is 64.2 Å². The van der Waals surface area contributed by atoms with Gasteiger partial charge in [-0.1, -0.05) is 91.0 Å². The molecule has 50 heavy (non-hydrogen) atoms.